The normalized spacial score (nSPS) is 14.9. The lowest BCUT2D eigenvalue weighted by Crippen LogP contribution is -2.40. The van der Waals surface area contributed by atoms with Crippen molar-refractivity contribution in [1.82, 2.24) is 10.2 Å². The van der Waals surface area contributed by atoms with Crippen LogP contribution < -0.4 is 14.8 Å². The van der Waals surface area contributed by atoms with Crippen LogP contribution in [0.25, 0.3) is 0 Å². The molecule has 1 N–H and O–H groups in total. The Hall–Kier alpha value is -2.53. The fourth-order valence-electron chi connectivity index (χ4n) is 3.69. The van der Waals surface area contributed by atoms with Crippen LogP contribution in [0.15, 0.2) is 36.4 Å². The first-order chi connectivity index (χ1) is 13.5. The maximum Gasteiger partial charge on any atom is 0.234 e. The number of methoxy groups -OCH3 is 2. The molecule has 1 amide bonds. The summed E-state index contributed by atoms with van der Waals surface area (Å²) in [5.74, 6) is 1.54. The molecule has 0 radical (unpaired) electrons. The molecule has 3 rings (SSSR count). The number of carbonyl (C=O) groups excluding carboxylic acids is 1. The highest BCUT2D eigenvalue weighted by Gasteiger charge is 2.21. The van der Waals surface area contributed by atoms with Gasteiger partial charge in [-0.1, -0.05) is 31.2 Å². The van der Waals surface area contributed by atoms with Crippen LogP contribution in [0.1, 0.15) is 42.1 Å². The Balaban J connectivity index is 1.59. The van der Waals surface area contributed by atoms with Gasteiger partial charge in [-0.05, 0) is 54.2 Å². The first-order valence-corrected chi connectivity index (χ1v) is 9.88. The summed E-state index contributed by atoms with van der Waals surface area (Å²) in [6, 6.07) is 12.5. The Kier molecular flexibility index (Phi) is 6.57. The molecule has 0 fully saturated rings. The number of hydrogen-bond donors (Lipinski definition) is 1. The van der Waals surface area contributed by atoms with Crippen molar-refractivity contribution in [2.24, 2.45) is 0 Å². The highest BCUT2D eigenvalue weighted by atomic mass is 16.5. The maximum absolute atomic E-state index is 12.6. The van der Waals surface area contributed by atoms with Crippen LogP contribution in [-0.2, 0) is 24.2 Å². The minimum atomic E-state index is -0.000150. The molecule has 1 heterocycles. The number of amides is 1. The van der Waals surface area contributed by atoms with E-state index in [1.54, 1.807) is 14.2 Å². The fourth-order valence-corrected chi connectivity index (χ4v) is 3.69. The van der Waals surface area contributed by atoms with E-state index < -0.39 is 0 Å². The molecule has 0 aliphatic carbocycles. The maximum atomic E-state index is 12.6. The van der Waals surface area contributed by atoms with E-state index in [1.165, 1.54) is 16.7 Å². The van der Waals surface area contributed by atoms with Crippen LogP contribution in [0.3, 0.4) is 0 Å². The van der Waals surface area contributed by atoms with Gasteiger partial charge in [0.2, 0.25) is 5.91 Å². The summed E-state index contributed by atoms with van der Waals surface area (Å²) < 4.78 is 10.8. The van der Waals surface area contributed by atoms with E-state index in [4.69, 9.17) is 9.47 Å². The Bertz CT molecular complexity index is 817. The molecule has 1 atom stereocenters. The number of ether oxygens (including phenoxy) is 2. The van der Waals surface area contributed by atoms with E-state index in [0.29, 0.717) is 6.54 Å². The zero-order valence-corrected chi connectivity index (χ0v) is 17.2. The molecule has 150 valence electrons. The number of carbonyl (C=O) groups is 1. The summed E-state index contributed by atoms with van der Waals surface area (Å²) in [6.07, 6.45) is 1.92. The van der Waals surface area contributed by atoms with Gasteiger partial charge in [0, 0.05) is 13.1 Å². The molecule has 0 saturated heterocycles. The number of rotatable bonds is 7. The van der Waals surface area contributed by atoms with Crippen molar-refractivity contribution >= 4 is 5.91 Å². The fraction of sp³-hybridized carbons (Fsp3) is 0.435. The van der Waals surface area contributed by atoms with E-state index in [2.05, 4.69) is 41.4 Å². The van der Waals surface area contributed by atoms with E-state index in [0.717, 1.165) is 43.0 Å². The third-order valence-corrected chi connectivity index (χ3v) is 5.43. The zero-order chi connectivity index (χ0) is 20.1. The molecule has 5 nitrogen and oxygen atoms in total. The van der Waals surface area contributed by atoms with Crippen molar-refractivity contribution in [2.75, 3.05) is 27.3 Å². The molecule has 1 aliphatic rings. The van der Waals surface area contributed by atoms with Gasteiger partial charge in [0.1, 0.15) is 0 Å². The van der Waals surface area contributed by atoms with Crippen LogP contribution in [0.5, 0.6) is 11.5 Å². The number of fused-ring (bicyclic) bond motifs is 1. The summed E-state index contributed by atoms with van der Waals surface area (Å²) in [6.45, 7) is 6.16. The lowest BCUT2D eigenvalue weighted by Gasteiger charge is -2.29. The largest absolute Gasteiger partial charge is 0.493 e. The van der Waals surface area contributed by atoms with Gasteiger partial charge in [-0.15, -0.1) is 0 Å². The summed E-state index contributed by atoms with van der Waals surface area (Å²) >= 11 is 0. The average Bonchev–Trinajstić information content (AvgIpc) is 2.72. The van der Waals surface area contributed by atoms with Crippen molar-refractivity contribution in [3.05, 3.63) is 58.7 Å². The first-order valence-electron chi connectivity index (χ1n) is 9.88. The van der Waals surface area contributed by atoms with Gasteiger partial charge < -0.3 is 14.8 Å². The van der Waals surface area contributed by atoms with Gasteiger partial charge in [-0.25, -0.2) is 0 Å². The Labute approximate surface area is 167 Å². The lowest BCUT2D eigenvalue weighted by molar-refractivity contribution is -0.123. The highest BCUT2D eigenvalue weighted by molar-refractivity contribution is 5.78. The summed E-state index contributed by atoms with van der Waals surface area (Å²) in [5, 5.41) is 3.12. The lowest BCUT2D eigenvalue weighted by atomic mass is 9.98. The molecule has 0 bridgehead atoms. The smallest absolute Gasteiger partial charge is 0.234 e. The van der Waals surface area contributed by atoms with E-state index >= 15 is 0 Å². The molecule has 2 aromatic carbocycles. The second-order valence-electron chi connectivity index (χ2n) is 7.32. The minimum absolute atomic E-state index is 0.000150. The summed E-state index contributed by atoms with van der Waals surface area (Å²) in [4.78, 5) is 14.7. The zero-order valence-electron chi connectivity index (χ0n) is 17.2. The van der Waals surface area contributed by atoms with Crippen molar-refractivity contribution < 1.29 is 14.3 Å². The molecule has 0 aromatic heterocycles. The quantitative estimate of drug-likeness (QED) is 0.796. The Morgan fingerprint density at radius 1 is 1.11 bits per heavy atom. The van der Waals surface area contributed by atoms with E-state index in [9.17, 15) is 4.79 Å². The topological polar surface area (TPSA) is 50.8 Å². The predicted molar refractivity (Wildman–Crippen MR) is 111 cm³/mol. The van der Waals surface area contributed by atoms with Gasteiger partial charge in [0.05, 0.1) is 26.8 Å². The van der Waals surface area contributed by atoms with Crippen molar-refractivity contribution in [3.63, 3.8) is 0 Å². The van der Waals surface area contributed by atoms with E-state index in [1.807, 2.05) is 19.1 Å². The number of nitrogens with one attached hydrogen (secondary N) is 1. The Morgan fingerprint density at radius 3 is 2.36 bits per heavy atom. The standard InChI is InChI=1S/C23H30N2O3/c1-5-17-6-8-18(9-7-17)16(2)24-23(26)15-25-11-10-19-12-21(27-3)22(28-4)13-20(19)14-25/h6-9,12-13,16H,5,10-11,14-15H2,1-4H3,(H,24,26)/t16-/m0/s1. The summed E-state index contributed by atoms with van der Waals surface area (Å²) in [5.41, 5.74) is 4.89. The van der Waals surface area contributed by atoms with Gasteiger partial charge >= 0.3 is 0 Å². The van der Waals surface area contributed by atoms with Crippen LogP contribution in [-0.4, -0.2) is 38.1 Å². The second kappa shape index (κ2) is 9.11. The third kappa shape index (κ3) is 4.65. The van der Waals surface area contributed by atoms with Crippen LogP contribution >= 0.6 is 0 Å². The molecular formula is C23H30N2O3. The SMILES string of the molecule is CCc1ccc([C@H](C)NC(=O)CN2CCc3cc(OC)c(OC)cc3C2)cc1. The van der Waals surface area contributed by atoms with Gasteiger partial charge in [-0.3, -0.25) is 9.69 Å². The molecule has 0 unspecified atom stereocenters. The minimum Gasteiger partial charge on any atom is -0.493 e. The first kappa shape index (κ1) is 20.2. The molecule has 2 aromatic rings. The van der Waals surface area contributed by atoms with Gasteiger partial charge in [0.25, 0.3) is 0 Å². The molecular weight excluding hydrogens is 352 g/mol. The number of nitrogens with zero attached hydrogens (tertiary/aromatic N) is 1. The monoisotopic (exact) mass is 382 g/mol. The van der Waals surface area contributed by atoms with Crippen LogP contribution in [0.4, 0.5) is 0 Å². The van der Waals surface area contributed by atoms with Crippen LogP contribution in [0, 0.1) is 0 Å². The average molecular weight is 383 g/mol. The second-order valence-corrected chi connectivity index (χ2v) is 7.32. The highest BCUT2D eigenvalue weighted by Crippen LogP contribution is 2.33. The van der Waals surface area contributed by atoms with Crippen molar-refractivity contribution in [1.29, 1.82) is 0 Å². The number of hydrogen-bond acceptors (Lipinski definition) is 4. The van der Waals surface area contributed by atoms with Crippen LogP contribution in [0.2, 0.25) is 0 Å². The molecule has 28 heavy (non-hydrogen) atoms. The Morgan fingerprint density at radius 2 is 1.75 bits per heavy atom. The number of benzene rings is 2. The number of aryl methyl sites for hydroxylation is 1. The van der Waals surface area contributed by atoms with Gasteiger partial charge in [-0.2, -0.15) is 0 Å². The molecule has 0 spiro atoms. The van der Waals surface area contributed by atoms with Crippen molar-refractivity contribution in [2.45, 2.75) is 39.3 Å². The summed E-state index contributed by atoms with van der Waals surface area (Å²) in [7, 11) is 3.30. The predicted octanol–water partition coefficient (Wildman–Crippen LogP) is 3.50. The molecule has 5 heteroatoms. The molecule has 1 aliphatic heterocycles. The van der Waals surface area contributed by atoms with Crippen molar-refractivity contribution in [3.8, 4) is 11.5 Å². The third-order valence-electron chi connectivity index (χ3n) is 5.43. The van der Waals surface area contributed by atoms with Gasteiger partial charge in [0.15, 0.2) is 11.5 Å². The van der Waals surface area contributed by atoms with E-state index in [-0.39, 0.29) is 11.9 Å². The molecule has 0 saturated carbocycles.